The highest BCUT2D eigenvalue weighted by molar-refractivity contribution is 5.78. The number of carbonyl (C=O) groups is 1. The molecule has 1 saturated heterocycles. The molecule has 0 N–H and O–H groups in total. The van der Waals surface area contributed by atoms with E-state index in [-0.39, 0.29) is 0 Å². The Labute approximate surface area is 67.9 Å². The molecule has 0 aromatic rings. The third-order valence-corrected chi connectivity index (χ3v) is 1.98. The average molecular weight is 153 g/mol. The number of carbonyl (C=O) groups excluding carboxylic acids is 1. The molecule has 0 aromatic carbocycles. The zero-order chi connectivity index (χ0) is 8.27. The summed E-state index contributed by atoms with van der Waals surface area (Å²) >= 11 is 0. The van der Waals surface area contributed by atoms with Crippen LogP contribution in [0.1, 0.15) is 26.2 Å². The van der Waals surface area contributed by atoms with Gasteiger partial charge in [0.25, 0.3) is 0 Å². The van der Waals surface area contributed by atoms with Crippen molar-refractivity contribution < 1.29 is 4.79 Å². The molecule has 2 nitrogen and oxygen atoms in total. The molecule has 1 heterocycles. The van der Waals surface area contributed by atoms with Crippen LogP contribution in [0.25, 0.3) is 0 Å². The van der Waals surface area contributed by atoms with Crippen molar-refractivity contribution in [3.05, 3.63) is 12.2 Å². The molecule has 0 saturated carbocycles. The third kappa shape index (κ3) is 2.37. The average Bonchev–Trinajstić information content (AvgIpc) is 2.31. The van der Waals surface area contributed by atoms with Gasteiger partial charge in [-0.1, -0.05) is 5.57 Å². The summed E-state index contributed by atoms with van der Waals surface area (Å²) in [5, 5.41) is 0. The maximum atomic E-state index is 11.1. The zero-order valence-corrected chi connectivity index (χ0v) is 7.10. The first-order valence-corrected chi connectivity index (χ1v) is 4.12. The Morgan fingerprint density at radius 3 is 2.91 bits per heavy atom. The van der Waals surface area contributed by atoms with Crippen LogP contribution in [0.4, 0.5) is 0 Å². The van der Waals surface area contributed by atoms with Crippen LogP contribution < -0.4 is 0 Å². The maximum absolute atomic E-state index is 11.1. The molecule has 0 aliphatic carbocycles. The first-order chi connectivity index (χ1) is 5.20. The van der Waals surface area contributed by atoms with Gasteiger partial charge >= 0.3 is 0 Å². The lowest BCUT2D eigenvalue weighted by atomic mass is 10.2. The van der Waals surface area contributed by atoms with Gasteiger partial charge in [-0.2, -0.15) is 0 Å². The smallest absolute Gasteiger partial charge is 0.222 e. The first-order valence-electron chi connectivity index (χ1n) is 4.12. The van der Waals surface area contributed by atoms with Gasteiger partial charge in [-0.25, -0.2) is 0 Å². The summed E-state index contributed by atoms with van der Waals surface area (Å²) in [5.41, 5.74) is 1.16. The number of likely N-dealkylation sites (tertiary alicyclic amines) is 1. The lowest BCUT2D eigenvalue weighted by molar-refractivity contribution is -0.127. The summed E-state index contributed by atoms with van der Waals surface area (Å²) in [4.78, 5) is 13.0. The predicted octanol–water partition coefficient (Wildman–Crippen LogP) is 1.58. The van der Waals surface area contributed by atoms with Gasteiger partial charge in [0.05, 0.1) is 0 Å². The van der Waals surface area contributed by atoms with E-state index >= 15 is 0 Å². The molecule has 1 amide bonds. The van der Waals surface area contributed by atoms with Gasteiger partial charge in [-0.15, -0.1) is 6.58 Å². The van der Waals surface area contributed by atoms with Gasteiger partial charge in [0.1, 0.15) is 0 Å². The van der Waals surface area contributed by atoms with Crippen molar-refractivity contribution >= 4 is 5.91 Å². The van der Waals surface area contributed by atoms with E-state index in [1.165, 1.54) is 0 Å². The van der Waals surface area contributed by atoms with Crippen molar-refractivity contribution in [3.63, 3.8) is 0 Å². The summed E-state index contributed by atoms with van der Waals surface area (Å²) in [6, 6.07) is 0. The first kappa shape index (κ1) is 8.31. The van der Waals surface area contributed by atoms with Gasteiger partial charge in [-0.3, -0.25) is 4.79 Å². The Balaban J connectivity index is 2.26. The molecule has 11 heavy (non-hydrogen) atoms. The Morgan fingerprint density at radius 1 is 1.73 bits per heavy atom. The minimum Gasteiger partial charge on any atom is -0.342 e. The topological polar surface area (TPSA) is 20.3 Å². The van der Waals surface area contributed by atoms with Crippen LogP contribution in [0.3, 0.4) is 0 Å². The van der Waals surface area contributed by atoms with Crippen LogP contribution in [0.5, 0.6) is 0 Å². The Morgan fingerprint density at radius 2 is 2.45 bits per heavy atom. The fourth-order valence-corrected chi connectivity index (χ4v) is 1.27. The minimum atomic E-state index is 0.311. The summed E-state index contributed by atoms with van der Waals surface area (Å²) < 4.78 is 0. The Kier molecular flexibility index (Phi) is 2.69. The molecule has 0 bridgehead atoms. The fourth-order valence-electron chi connectivity index (χ4n) is 1.27. The monoisotopic (exact) mass is 153 g/mol. The van der Waals surface area contributed by atoms with Crippen molar-refractivity contribution in [2.75, 3.05) is 13.1 Å². The van der Waals surface area contributed by atoms with Crippen LogP contribution in [0, 0.1) is 0 Å². The van der Waals surface area contributed by atoms with Gasteiger partial charge < -0.3 is 4.90 Å². The molecule has 1 aliphatic rings. The maximum Gasteiger partial charge on any atom is 0.222 e. The van der Waals surface area contributed by atoms with Crippen molar-refractivity contribution in [3.8, 4) is 0 Å². The number of hydrogen-bond acceptors (Lipinski definition) is 1. The van der Waals surface area contributed by atoms with E-state index in [0.717, 1.165) is 37.9 Å². The minimum absolute atomic E-state index is 0.311. The molecule has 0 atom stereocenters. The van der Waals surface area contributed by atoms with Crippen molar-refractivity contribution in [2.24, 2.45) is 0 Å². The molecule has 0 radical (unpaired) electrons. The van der Waals surface area contributed by atoms with Crippen LogP contribution in [-0.4, -0.2) is 23.9 Å². The van der Waals surface area contributed by atoms with E-state index in [0.29, 0.717) is 5.91 Å². The van der Waals surface area contributed by atoms with Crippen LogP contribution in [-0.2, 0) is 4.79 Å². The highest BCUT2D eigenvalue weighted by Gasteiger charge is 2.18. The predicted molar refractivity (Wildman–Crippen MR) is 45.2 cm³/mol. The normalized spacial score (nSPS) is 17.5. The van der Waals surface area contributed by atoms with E-state index < -0.39 is 0 Å². The van der Waals surface area contributed by atoms with E-state index in [1.54, 1.807) is 0 Å². The van der Waals surface area contributed by atoms with Crippen LogP contribution in [0.15, 0.2) is 12.2 Å². The van der Waals surface area contributed by atoms with Crippen molar-refractivity contribution in [1.82, 2.24) is 4.90 Å². The molecule has 62 valence electrons. The molecule has 2 heteroatoms. The van der Waals surface area contributed by atoms with Gasteiger partial charge in [0.2, 0.25) is 5.91 Å². The van der Waals surface area contributed by atoms with E-state index in [1.807, 2.05) is 11.8 Å². The van der Waals surface area contributed by atoms with Gasteiger partial charge in [0, 0.05) is 19.5 Å². The van der Waals surface area contributed by atoms with Crippen LogP contribution >= 0.6 is 0 Å². The van der Waals surface area contributed by atoms with E-state index in [2.05, 4.69) is 6.58 Å². The molecular formula is C9H15NO. The summed E-state index contributed by atoms with van der Waals surface area (Å²) in [6.45, 7) is 7.62. The summed E-state index contributed by atoms with van der Waals surface area (Å²) in [6.07, 6.45) is 2.73. The summed E-state index contributed by atoms with van der Waals surface area (Å²) in [5.74, 6) is 0.311. The lowest BCUT2D eigenvalue weighted by Crippen LogP contribution is -2.25. The zero-order valence-electron chi connectivity index (χ0n) is 7.10. The largest absolute Gasteiger partial charge is 0.342 e. The third-order valence-electron chi connectivity index (χ3n) is 1.98. The van der Waals surface area contributed by atoms with Crippen LogP contribution in [0.2, 0.25) is 0 Å². The number of hydrogen-bond donors (Lipinski definition) is 0. The van der Waals surface area contributed by atoms with E-state index in [4.69, 9.17) is 0 Å². The number of amides is 1. The highest BCUT2D eigenvalue weighted by atomic mass is 16.2. The molecule has 0 unspecified atom stereocenters. The second-order valence-corrected chi connectivity index (χ2v) is 3.19. The number of rotatable bonds is 3. The second kappa shape index (κ2) is 3.56. The van der Waals surface area contributed by atoms with Gasteiger partial charge in [-0.05, 0) is 19.8 Å². The SMILES string of the molecule is C=C(C)CCN1CCCC1=O. The van der Waals surface area contributed by atoms with Gasteiger partial charge in [0.15, 0.2) is 0 Å². The lowest BCUT2D eigenvalue weighted by Gasteiger charge is -2.14. The number of nitrogens with zero attached hydrogens (tertiary/aromatic N) is 1. The standard InChI is InChI=1S/C9H15NO/c1-8(2)5-7-10-6-3-4-9(10)11/h1,3-7H2,2H3. The fraction of sp³-hybridized carbons (Fsp3) is 0.667. The van der Waals surface area contributed by atoms with E-state index in [9.17, 15) is 4.79 Å². The highest BCUT2D eigenvalue weighted by Crippen LogP contribution is 2.10. The molecule has 0 spiro atoms. The quantitative estimate of drug-likeness (QED) is 0.564. The summed E-state index contributed by atoms with van der Waals surface area (Å²) in [7, 11) is 0. The Bertz CT molecular complexity index is 174. The van der Waals surface area contributed by atoms with Crippen molar-refractivity contribution in [1.29, 1.82) is 0 Å². The molecule has 1 fully saturated rings. The second-order valence-electron chi connectivity index (χ2n) is 3.19. The molecule has 0 aromatic heterocycles. The molecular weight excluding hydrogens is 138 g/mol. The molecule has 1 rings (SSSR count). The Hall–Kier alpha value is -0.790. The van der Waals surface area contributed by atoms with Crippen molar-refractivity contribution in [2.45, 2.75) is 26.2 Å². The molecule has 1 aliphatic heterocycles.